The number of carbonyl (C=O) groups is 2. The van der Waals surface area contributed by atoms with Crippen molar-refractivity contribution in [2.75, 3.05) is 27.2 Å². The van der Waals surface area contributed by atoms with Gasteiger partial charge in [-0.15, -0.1) is 0 Å². The number of para-hydroxylation sites is 1. The maximum absolute atomic E-state index is 12.9. The van der Waals surface area contributed by atoms with Crippen LogP contribution in [0.2, 0.25) is 0 Å². The maximum Gasteiger partial charge on any atom is 0.261 e. The Morgan fingerprint density at radius 3 is 2.72 bits per heavy atom. The maximum atomic E-state index is 12.9. The summed E-state index contributed by atoms with van der Waals surface area (Å²) in [5.74, 6) is 1.24. The van der Waals surface area contributed by atoms with Crippen LogP contribution in [-0.2, 0) is 4.79 Å². The predicted molar refractivity (Wildman–Crippen MR) is 118 cm³/mol. The Morgan fingerprint density at radius 1 is 1.12 bits per heavy atom. The molecule has 0 spiro atoms. The lowest BCUT2D eigenvalue weighted by Crippen LogP contribution is -2.41. The fourth-order valence-electron chi connectivity index (χ4n) is 3.77. The minimum Gasteiger partial charge on any atom is -0.484 e. The van der Waals surface area contributed by atoms with E-state index in [0.29, 0.717) is 35.1 Å². The molecule has 0 bridgehead atoms. The molecule has 2 amide bonds. The number of rotatable bonds is 6. The molecule has 1 unspecified atom stereocenters. The van der Waals surface area contributed by atoms with Crippen LogP contribution in [-0.4, -0.2) is 59.0 Å². The highest BCUT2D eigenvalue weighted by molar-refractivity contribution is 5.94. The summed E-state index contributed by atoms with van der Waals surface area (Å²) in [6, 6.07) is 16.1. The first kappa shape index (κ1) is 21.5. The SMILES string of the molecule is CN(C)C(=O)c1cccc(-c2noc(C3CCCCN3C(=O)COc3ccccc3)n2)c1. The third-order valence-corrected chi connectivity index (χ3v) is 5.43. The zero-order valence-corrected chi connectivity index (χ0v) is 18.2. The summed E-state index contributed by atoms with van der Waals surface area (Å²) in [6.07, 6.45) is 2.64. The summed E-state index contributed by atoms with van der Waals surface area (Å²) >= 11 is 0. The molecule has 1 aliphatic rings. The number of benzene rings is 2. The van der Waals surface area contributed by atoms with Crippen LogP contribution in [0.3, 0.4) is 0 Å². The standard InChI is InChI=1S/C24H26N4O4/c1-27(2)24(30)18-10-8-9-17(15-18)22-25-23(32-26-22)20-13-6-7-14-28(20)21(29)16-31-19-11-4-3-5-12-19/h3-5,8-12,15,20H,6-7,13-14,16H2,1-2H3. The van der Waals surface area contributed by atoms with Gasteiger partial charge in [-0.2, -0.15) is 4.98 Å². The van der Waals surface area contributed by atoms with E-state index in [0.717, 1.165) is 19.3 Å². The average molecular weight is 434 g/mol. The number of carbonyl (C=O) groups excluding carboxylic acids is 2. The second-order valence-corrected chi connectivity index (χ2v) is 7.94. The number of nitrogens with zero attached hydrogens (tertiary/aromatic N) is 4. The molecule has 32 heavy (non-hydrogen) atoms. The predicted octanol–water partition coefficient (Wildman–Crippen LogP) is 3.57. The van der Waals surface area contributed by atoms with Crippen molar-refractivity contribution >= 4 is 11.8 Å². The molecule has 0 radical (unpaired) electrons. The summed E-state index contributed by atoms with van der Waals surface area (Å²) < 4.78 is 11.2. The van der Waals surface area contributed by atoms with Crippen molar-refractivity contribution in [2.45, 2.75) is 25.3 Å². The number of piperidine rings is 1. The Balaban J connectivity index is 1.50. The van der Waals surface area contributed by atoms with Crippen LogP contribution in [0.1, 0.15) is 41.6 Å². The minimum atomic E-state index is -0.288. The Kier molecular flexibility index (Phi) is 6.49. The molecule has 1 aromatic heterocycles. The summed E-state index contributed by atoms with van der Waals surface area (Å²) in [5.41, 5.74) is 1.24. The zero-order valence-electron chi connectivity index (χ0n) is 18.2. The van der Waals surface area contributed by atoms with Crippen LogP contribution in [0.25, 0.3) is 11.4 Å². The second-order valence-electron chi connectivity index (χ2n) is 7.94. The summed E-state index contributed by atoms with van der Waals surface area (Å²) in [4.78, 5) is 33.0. The Bertz CT molecular complexity index is 1080. The fraction of sp³-hybridized carbons (Fsp3) is 0.333. The van der Waals surface area contributed by atoms with Crippen LogP contribution in [0.15, 0.2) is 59.1 Å². The van der Waals surface area contributed by atoms with Crippen LogP contribution in [0.5, 0.6) is 5.75 Å². The van der Waals surface area contributed by atoms with Crippen molar-refractivity contribution < 1.29 is 18.8 Å². The molecule has 4 rings (SSSR count). The molecule has 2 heterocycles. The molecule has 0 aliphatic carbocycles. The van der Waals surface area contributed by atoms with Crippen molar-refractivity contribution in [1.82, 2.24) is 19.9 Å². The van der Waals surface area contributed by atoms with Crippen molar-refractivity contribution in [3.05, 3.63) is 66.1 Å². The number of likely N-dealkylation sites (tertiary alicyclic amines) is 1. The average Bonchev–Trinajstić information content (AvgIpc) is 3.33. The first-order valence-corrected chi connectivity index (χ1v) is 10.7. The molecule has 0 N–H and O–H groups in total. The fourth-order valence-corrected chi connectivity index (χ4v) is 3.77. The molecule has 1 fully saturated rings. The number of ether oxygens (including phenoxy) is 1. The van der Waals surface area contributed by atoms with Gasteiger partial charge in [0.2, 0.25) is 11.7 Å². The van der Waals surface area contributed by atoms with E-state index in [-0.39, 0.29) is 24.5 Å². The highest BCUT2D eigenvalue weighted by Crippen LogP contribution is 2.31. The van der Waals surface area contributed by atoms with Gasteiger partial charge >= 0.3 is 0 Å². The van der Waals surface area contributed by atoms with E-state index in [1.165, 1.54) is 4.90 Å². The first-order chi connectivity index (χ1) is 15.5. The lowest BCUT2D eigenvalue weighted by molar-refractivity contribution is -0.138. The van der Waals surface area contributed by atoms with Gasteiger partial charge in [0.05, 0.1) is 0 Å². The Hall–Kier alpha value is -3.68. The molecule has 0 saturated carbocycles. The van der Waals surface area contributed by atoms with Crippen LogP contribution < -0.4 is 4.74 Å². The highest BCUT2D eigenvalue weighted by Gasteiger charge is 2.32. The van der Waals surface area contributed by atoms with Crippen molar-refractivity contribution in [1.29, 1.82) is 0 Å². The van der Waals surface area contributed by atoms with Crippen LogP contribution >= 0.6 is 0 Å². The van der Waals surface area contributed by atoms with E-state index in [1.54, 1.807) is 37.2 Å². The van der Waals surface area contributed by atoms with Crippen molar-refractivity contribution in [3.8, 4) is 17.1 Å². The molecule has 166 valence electrons. The summed E-state index contributed by atoms with van der Waals surface area (Å²) in [7, 11) is 3.41. The van der Waals surface area contributed by atoms with E-state index < -0.39 is 0 Å². The van der Waals surface area contributed by atoms with E-state index in [4.69, 9.17) is 9.26 Å². The lowest BCUT2D eigenvalue weighted by Gasteiger charge is -2.33. The van der Waals surface area contributed by atoms with E-state index in [1.807, 2.05) is 36.4 Å². The Morgan fingerprint density at radius 2 is 1.94 bits per heavy atom. The van der Waals surface area contributed by atoms with Gasteiger partial charge in [0.1, 0.15) is 11.8 Å². The van der Waals surface area contributed by atoms with Gasteiger partial charge in [0, 0.05) is 31.8 Å². The number of hydrogen-bond donors (Lipinski definition) is 0. The van der Waals surface area contributed by atoms with E-state index in [9.17, 15) is 9.59 Å². The largest absolute Gasteiger partial charge is 0.484 e. The quantitative estimate of drug-likeness (QED) is 0.589. The molecule has 1 saturated heterocycles. The second kappa shape index (κ2) is 9.64. The van der Waals surface area contributed by atoms with Gasteiger partial charge in [-0.1, -0.05) is 35.5 Å². The topological polar surface area (TPSA) is 88.8 Å². The van der Waals surface area contributed by atoms with E-state index >= 15 is 0 Å². The van der Waals surface area contributed by atoms with Crippen LogP contribution in [0.4, 0.5) is 0 Å². The molecule has 8 heteroatoms. The molecular formula is C24H26N4O4. The monoisotopic (exact) mass is 434 g/mol. The molecule has 8 nitrogen and oxygen atoms in total. The number of amides is 2. The highest BCUT2D eigenvalue weighted by atomic mass is 16.5. The van der Waals surface area contributed by atoms with Gasteiger partial charge in [0.15, 0.2) is 6.61 Å². The van der Waals surface area contributed by atoms with Gasteiger partial charge in [-0.25, -0.2) is 0 Å². The number of hydrogen-bond acceptors (Lipinski definition) is 6. The first-order valence-electron chi connectivity index (χ1n) is 10.7. The lowest BCUT2D eigenvalue weighted by atomic mass is 10.0. The smallest absolute Gasteiger partial charge is 0.261 e. The molecule has 1 atom stereocenters. The minimum absolute atomic E-state index is 0.0454. The van der Waals surface area contributed by atoms with Crippen LogP contribution in [0, 0.1) is 0 Å². The third kappa shape index (κ3) is 4.80. The summed E-state index contributed by atoms with van der Waals surface area (Å²) in [5, 5.41) is 4.11. The molecule has 1 aliphatic heterocycles. The van der Waals surface area contributed by atoms with E-state index in [2.05, 4.69) is 10.1 Å². The van der Waals surface area contributed by atoms with Gasteiger partial charge in [-0.3, -0.25) is 9.59 Å². The zero-order chi connectivity index (χ0) is 22.5. The van der Waals surface area contributed by atoms with Gasteiger partial charge in [0.25, 0.3) is 11.8 Å². The number of aromatic nitrogens is 2. The molecule has 2 aromatic carbocycles. The Labute approximate surface area is 186 Å². The molecular weight excluding hydrogens is 408 g/mol. The van der Waals surface area contributed by atoms with Gasteiger partial charge in [-0.05, 0) is 43.5 Å². The molecule has 3 aromatic rings. The normalized spacial score (nSPS) is 15.9. The van der Waals surface area contributed by atoms with Crippen molar-refractivity contribution in [3.63, 3.8) is 0 Å². The van der Waals surface area contributed by atoms with Gasteiger partial charge < -0.3 is 19.1 Å². The van der Waals surface area contributed by atoms with Crippen molar-refractivity contribution in [2.24, 2.45) is 0 Å². The summed E-state index contributed by atoms with van der Waals surface area (Å²) in [6.45, 7) is 0.572. The third-order valence-electron chi connectivity index (χ3n) is 5.43.